The molecule has 0 saturated carbocycles. The summed E-state index contributed by atoms with van der Waals surface area (Å²) in [6, 6.07) is 13.5. The monoisotopic (exact) mass is 352 g/mol. The molecular formula is C20H20N2O4. The van der Waals surface area contributed by atoms with E-state index in [0.717, 1.165) is 11.3 Å². The second kappa shape index (κ2) is 7.39. The van der Waals surface area contributed by atoms with Crippen molar-refractivity contribution >= 4 is 23.5 Å². The van der Waals surface area contributed by atoms with Gasteiger partial charge in [-0.1, -0.05) is 35.9 Å². The molecule has 0 radical (unpaired) electrons. The second-order valence-corrected chi connectivity index (χ2v) is 6.37. The molecule has 134 valence electrons. The summed E-state index contributed by atoms with van der Waals surface area (Å²) in [6.45, 7) is 2.52. The zero-order valence-corrected chi connectivity index (χ0v) is 14.4. The summed E-state index contributed by atoms with van der Waals surface area (Å²) in [5.41, 5.74) is 2.45. The molecule has 1 unspecified atom stereocenters. The fourth-order valence-corrected chi connectivity index (χ4v) is 3.10. The topological polar surface area (TPSA) is 86.7 Å². The van der Waals surface area contributed by atoms with Crippen molar-refractivity contribution in [1.29, 1.82) is 0 Å². The molecule has 3 rings (SSSR count). The summed E-state index contributed by atoms with van der Waals surface area (Å²) < 4.78 is 0. The van der Waals surface area contributed by atoms with Crippen LogP contribution in [0.4, 0.5) is 5.69 Å². The van der Waals surface area contributed by atoms with E-state index >= 15 is 0 Å². The van der Waals surface area contributed by atoms with Crippen molar-refractivity contribution in [2.45, 2.75) is 25.8 Å². The van der Waals surface area contributed by atoms with Crippen LogP contribution < -0.4 is 10.2 Å². The van der Waals surface area contributed by atoms with Gasteiger partial charge in [-0.25, -0.2) is 4.79 Å². The van der Waals surface area contributed by atoms with Gasteiger partial charge in [0.1, 0.15) is 6.04 Å². The standard InChI is InChI=1S/C20H20N2O4/c1-13-6-8-15(9-7-13)22-11-10-17(19(22)24)21-18(23)12-14-4-2-3-5-16(14)20(25)26/h2-9,17H,10-12H2,1H3,(H,21,23)(H,25,26). The lowest BCUT2D eigenvalue weighted by atomic mass is 10.0. The lowest BCUT2D eigenvalue weighted by Gasteiger charge is -2.17. The lowest BCUT2D eigenvalue weighted by molar-refractivity contribution is -0.126. The van der Waals surface area contributed by atoms with Crippen LogP contribution in [-0.2, 0) is 16.0 Å². The van der Waals surface area contributed by atoms with Gasteiger partial charge < -0.3 is 15.3 Å². The third kappa shape index (κ3) is 3.74. The van der Waals surface area contributed by atoms with Crippen molar-refractivity contribution in [2.24, 2.45) is 0 Å². The van der Waals surface area contributed by atoms with E-state index < -0.39 is 12.0 Å². The normalized spacial score (nSPS) is 16.6. The fourth-order valence-electron chi connectivity index (χ4n) is 3.10. The first-order chi connectivity index (χ1) is 12.5. The summed E-state index contributed by atoms with van der Waals surface area (Å²) in [4.78, 5) is 37.8. The molecule has 0 bridgehead atoms. The molecule has 1 heterocycles. The van der Waals surface area contributed by atoms with Crippen molar-refractivity contribution in [3.05, 3.63) is 65.2 Å². The molecule has 1 aliphatic rings. The van der Waals surface area contributed by atoms with Crippen LogP contribution in [-0.4, -0.2) is 35.5 Å². The number of benzene rings is 2. The Labute approximate surface area is 151 Å². The Bertz CT molecular complexity index is 845. The van der Waals surface area contributed by atoms with Crippen molar-refractivity contribution in [2.75, 3.05) is 11.4 Å². The molecule has 0 aromatic heterocycles. The average molecular weight is 352 g/mol. The number of amides is 2. The molecule has 0 aliphatic carbocycles. The first-order valence-corrected chi connectivity index (χ1v) is 8.44. The van der Waals surface area contributed by atoms with Gasteiger partial charge in [0.2, 0.25) is 11.8 Å². The second-order valence-electron chi connectivity index (χ2n) is 6.37. The molecule has 2 amide bonds. The molecular weight excluding hydrogens is 332 g/mol. The number of rotatable bonds is 5. The number of carboxylic acid groups (broad SMARTS) is 1. The molecule has 2 aromatic carbocycles. The van der Waals surface area contributed by atoms with E-state index in [9.17, 15) is 19.5 Å². The number of anilines is 1. The summed E-state index contributed by atoms with van der Waals surface area (Å²) in [7, 11) is 0. The summed E-state index contributed by atoms with van der Waals surface area (Å²) in [5.74, 6) is -1.58. The number of carbonyl (C=O) groups is 3. The van der Waals surface area contributed by atoms with Crippen LogP contribution in [0.25, 0.3) is 0 Å². The Balaban J connectivity index is 1.65. The molecule has 26 heavy (non-hydrogen) atoms. The number of hydrogen-bond acceptors (Lipinski definition) is 3. The van der Waals surface area contributed by atoms with Crippen LogP contribution in [0, 0.1) is 6.92 Å². The van der Waals surface area contributed by atoms with Crippen molar-refractivity contribution in [1.82, 2.24) is 5.32 Å². The zero-order chi connectivity index (χ0) is 18.7. The number of carbonyl (C=O) groups excluding carboxylic acids is 2. The molecule has 6 nitrogen and oxygen atoms in total. The zero-order valence-electron chi connectivity index (χ0n) is 14.4. The SMILES string of the molecule is Cc1ccc(N2CCC(NC(=O)Cc3ccccc3C(=O)O)C2=O)cc1. The molecule has 2 aromatic rings. The first-order valence-electron chi connectivity index (χ1n) is 8.44. The number of aromatic carboxylic acids is 1. The minimum atomic E-state index is -1.07. The molecule has 1 fully saturated rings. The minimum absolute atomic E-state index is 0.0726. The van der Waals surface area contributed by atoms with Crippen molar-refractivity contribution < 1.29 is 19.5 Å². The van der Waals surface area contributed by atoms with Gasteiger partial charge in [0.15, 0.2) is 0 Å². The number of nitrogens with zero attached hydrogens (tertiary/aromatic N) is 1. The number of hydrogen-bond donors (Lipinski definition) is 2. The van der Waals surface area contributed by atoms with E-state index in [2.05, 4.69) is 5.32 Å². The predicted molar refractivity (Wildman–Crippen MR) is 97.2 cm³/mol. The van der Waals surface area contributed by atoms with E-state index in [1.54, 1.807) is 23.1 Å². The maximum absolute atomic E-state index is 12.6. The lowest BCUT2D eigenvalue weighted by Crippen LogP contribution is -2.42. The highest BCUT2D eigenvalue weighted by molar-refractivity contribution is 6.01. The first kappa shape index (κ1) is 17.7. The fraction of sp³-hybridized carbons (Fsp3) is 0.250. The van der Waals surface area contributed by atoms with Crippen LogP contribution in [0.1, 0.15) is 27.9 Å². The van der Waals surface area contributed by atoms with Gasteiger partial charge in [-0.05, 0) is 37.1 Å². The maximum Gasteiger partial charge on any atom is 0.335 e. The highest BCUT2D eigenvalue weighted by Gasteiger charge is 2.33. The molecule has 0 spiro atoms. The van der Waals surface area contributed by atoms with Crippen LogP contribution in [0.2, 0.25) is 0 Å². The van der Waals surface area contributed by atoms with Crippen LogP contribution in [0.5, 0.6) is 0 Å². The third-order valence-electron chi connectivity index (χ3n) is 4.49. The Morgan fingerprint density at radius 3 is 2.54 bits per heavy atom. The Kier molecular flexibility index (Phi) is 5.02. The van der Waals surface area contributed by atoms with Gasteiger partial charge in [-0.15, -0.1) is 0 Å². The summed E-state index contributed by atoms with van der Waals surface area (Å²) in [5, 5.41) is 11.9. The number of carboxylic acids is 1. The van der Waals surface area contributed by atoms with Crippen molar-refractivity contribution in [3.8, 4) is 0 Å². The molecule has 1 atom stereocenters. The van der Waals surface area contributed by atoms with Gasteiger partial charge in [0.05, 0.1) is 12.0 Å². The van der Waals surface area contributed by atoms with Gasteiger partial charge >= 0.3 is 5.97 Å². The van der Waals surface area contributed by atoms with Gasteiger partial charge in [0, 0.05) is 12.2 Å². The Morgan fingerprint density at radius 2 is 1.85 bits per heavy atom. The van der Waals surface area contributed by atoms with Crippen molar-refractivity contribution in [3.63, 3.8) is 0 Å². The molecule has 6 heteroatoms. The molecule has 1 saturated heterocycles. The molecule has 1 aliphatic heterocycles. The number of nitrogens with one attached hydrogen (secondary N) is 1. The Hall–Kier alpha value is -3.15. The van der Waals surface area contributed by atoms with Crippen LogP contribution in [0.15, 0.2) is 48.5 Å². The summed E-state index contributed by atoms with van der Waals surface area (Å²) >= 11 is 0. The summed E-state index contributed by atoms with van der Waals surface area (Å²) in [6.07, 6.45) is 0.454. The van der Waals surface area contributed by atoms with Crippen LogP contribution >= 0.6 is 0 Å². The van der Waals surface area contributed by atoms with E-state index in [4.69, 9.17) is 0 Å². The third-order valence-corrected chi connectivity index (χ3v) is 4.49. The largest absolute Gasteiger partial charge is 0.478 e. The smallest absolute Gasteiger partial charge is 0.335 e. The highest BCUT2D eigenvalue weighted by atomic mass is 16.4. The van der Waals surface area contributed by atoms with Gasteiger partial charge in [-0.2, -0.15) is 0 Å². The average Bonchev–Trinajstić information content (AvgIpc) is 2.96. The highest BCUT2D eigenvalue weighted by Crippen LogP contribution is 2.22. The quantitative estimate of drug-likeness (QED) is 0.863. The van der Waals surface area contributed by atoms with E-state index in [-0.39, 0.29) is 23.8 Å². The van der Waals surface area contributed by atoms with E-state index in [0.29, 0.717) is 18.5 Å². The van der Waals surface area contributed by atoms with Gasteiger partial charge in [-0.3, -0.25) is 9.59 Å². The number of aryl methyl sites for hydroxylation is 1. The van der Waals surface area contributed by atoms with E-state index in [1.807, 2.05) is 31.2 Å². The van der Waals surface area contributed by atoms with Crippen LogP contribution in [0.3, 0.4) is 0 Å². The Morgan fingerprint density at radius 1 is 1.15 bits per heavy atom. The predicted octanol–water partition coefficient (Wildman–Crippen LogP) is 2.16. The van der Waals surface area contributed by atoms with Gasteiger partial charge in [0.25, 0.3) is 0 Å². The maximum atomic E-state index is 12.6. The minimum Gasteiger partial charge on any atom is -0.478 e. The van der Waals surface area contributed by atoms with E-state index in [1.165, 1.54) is 6.07 Å². The molecule has 2 N–H and O–H groups in total.